The molecule has 0 aromatic heterocycles. The van der Waals surface area contributed by atoms with Gasteiger partial charge in [-0.3, -0.25) is 0 Å². The van der Waals surface area contributed by atoms with Crippen molar-refractivity contribution in [3.8, 4) is 0 Å². The molecule has 0 radical (unpaired) electrons. The molecular weight excluding hydrogens is 176 g/mol. The highest BCUT2D eigenvalue weighted by Gasteiger charge is 2.10. The summed E-state index contributed by atoms with van der Waals surface area (Å²) >= 11 is 0. The Bertz CT molecular complexity index is 101. The molecule has 0 aliphatic rings. The molecule has 0 saturated carbocycles. The summed E-state index contributed by atoms with van der Waals surface area (Å²) in [7, 11) is 0. The number of aliphatic hydroxyl groups excluding tert-OH is 2. The maximum atomic E-state index is 8.85. The maximum absolute atomic E-state index is 8.85. The Labute approximate surface area is 88.3 Å². The monoisotopic (exact) mass is 202 g/mol. The Morgan fingerprint density at radius 2 is 1.07 bits per heavy atom. The molecule has 2 unspecified atom stereocenters. The van der Waals surface area contributed by atoms with Crippen molar-refractivity contribution < 1.29 is 10.2 Å². The van der Waals surface area contributed by atoms with Gasteiger partial charge in [-0.1, -0.05) is 39.5 Å². The first-order valence-corrected chi connectivity index (χ1v) is 6.00. The molecule has 0 rings (SSSR count). The van der Waals surface area contributed by atoms with Gasteiger partial charge < -0.3 is 10.2 Å². The molecule has 2 heteroatoms. The summed E-state index contributed by atoms with van der Waals surface area (Å²) in [6.07, 6.45) is 6.61. The summed E-state index contributed by atoms with van der Waals surface area (Å²) in [6, 6.07) is 0. The van der Waals surface area contributed by atoms with Crippen LogP contribution in [0, 0.1) is 11.8 Å². The van der Waals surface area contributed by atoms with E-state index in [0.717, 1.165) is 25.7 Å². The Balaban J connectivity index is 3.63. The fourth-order valence-electron chi connectivity index (χ4n) is 1.94. The molecule has 0 spiro atoms. The summed E-state index contributed by atoms with van der Waals surface area (Å²) in [5.41, 5.74) is 0. The second-order valence-electron chi connectivity index (χ2n) is 4.15. The van der Waals surface area contributed by atoms with Crippen molar-refractivity contribution in [3.63, 3.8) is 0 Å². The zero-order chi connectivity index (χ0) is 10.8. The lowest BCUT2D eigenvalue weighted by Crippen LogP contribution is -2.07. The van der Waals surface area contributed by atoms with E-state index in [1.807, 2.05) is 0 Å². The van der Waals surface area contributed by atoms with Crippen LogP contribution in [0.1, 0.15) is 52.4 Å². The standard InChI is InChI=1S/C12H26O2/c1-3-11(7-9-13)5-6-12(4-2)8-10-14/h11-14H,3-10H2,1-2H3. The van der Waals surface area contributed by atoms with E-state index in [1.165, 1.54) is 12.8 Å². The molecule has 0 amide bonds. The molecule has 0 aliphatic heterocycles. The lowest BCUT2D eigenvalue weighted by molar-refractivity contribution is 0.223. The first kappa shape index (κ1) is 13.9. The van der Waals surface area contributed by atoms with E-state index in [0.29, 0.717) is 25.0 Å². The number of aliphatic hydroxyl groups is 2. The number of hydrogen-bond donors (Lipinski definition) is 2. The molecule has 2 atom stereocenters. The minimum absolute atomic E-state index is 0.315. The predicted molar refractivity (Wildman–Crippen MR) is 60.2 cm³/mol. The van der Waals surface area contributed by atoms with E-state index in [2.05, 4.69) is 13.8 Å². The Morgan fingerprint density at radius 3 is 1.29 bits per heavy atom. The van der Waals surface area contributed by atoms with E-state index in [-0.39, 0.29) is 0 Å². The fraction of sp³-hybridized carbons (Fsp3) is 1.00. The molecular formula is C12H26O2. The zero-order valence-electron chi connectivity index (χ0n) is 9.71. The molecule has 2 N–H and O–H groups in total. The first-order valence-electron chi connectivity index (χ1n) is 6.00. The minimum Gasteiger partial charge on any atom is -0.396 e. The molecule has 0 bridgehead atoms. The maximum Gasteiger partial charge on any atom is 0.0433 e. The van der Waals surface area contributed by atoms with Gasteiger partial charge in [0.1, 0.15) is 0 Å². The molecule has 0 aromatic carbocycles. The fourth-order valence-corrected chi connectivity index (χ4v) is 1.94. The van der Waals surface area contributed by atoms with Crippen LogP contribution < -0.4 is 0 Å². The third-order valence-electron chi connectivity index (χ3n) is 3.21. The van der Waals surface area contributed by atoms with Gasteiger partial charge in [0, 0.05) is 13.2 Å². The van der Waals surface area contributed by atoms with Gasteiger partial charge in [0.15, 0.2) is 0 Å². The lowest BCUT2D eigenvalue weighted by atomic mass is 9.89. The highest BCUT2D eigenvalue weighted by molar-refractivity contribution is 4.62. The quantitative estimate of drug-likeness (QED) is 0.603. The highest BCUT2D eigenvalue weighted by Crippen LogP contribution is 2.22. The average Bonchev–Trinajstić information content (AvgIpc) is 2.22. The van der Waals surface area contributed by atoms with Crippen LogP contribution in [0.3, 0.4) is 0 Å². The zero-order valence-corrected chi connectivity index (χ0v) is 9.71. The molecule has 0 saturated heterocycles. The van der Waals surface area contributed by atoms with Crippen LogP contribution in [0.2, 0.25) is 0 Å². The van der Waals surface area contributed by atoms with Crippen LogP contribution in [0.4, 0.5) is 0 Å². The largest absolute Gasteiger partial charge is 0.396 e. The van der Waals surface area contributed by atoms with E-state index in [4.69, 9.17) is 10.2 Å². The molecule has 2 nitrogen and oxygen atoms in total. The van der Waals surface area contributed by atoms with Crippen LogP contribution in [-0.4, -0.2) is 23.4 Å². The second kappa shape index (κ2) is 9.47. The number of rotatable bonds is 9. The van der Waals surface area contributed by atoms with Gasteiger partial charge >= 0.3 is 0 Å². The third kappa shape index (κ3) is 6.39. The van der Waals surface area contributed by atoms with Crippen molar-refractivity contribution in [2.45, 2.75) is 52.4 Å². The summed E-state index contributed by atoms with van der Waals surface area (Å²) in [6.45, 7) is 5.01. The van der Waals surface area contributed by atoms with Gasteiger partial charge in [0.25, 0.3) is 0 Å². The number of hydrogen-bond acceptors (Lipinski definition) is 2. The van der Waals surface area contributed by atoms with E-state index in [1.54, 1.807) is 0 Å². The van der Waals surface area contributed by atoms with Gasteiger partial charge in [-0.2, -0.15) is 0 Å². The van der Waals surface area contributed by atoms with Crippen LogP contribution in [-0.2, 0) is 0 Å². The third-order valence-corrected chi connectivity index (χ3v) is 3.21. The predicted octanol–water partition coefficient (Wildman–Crippen LogP) is 2.58. The first-order chi connectivity index (χ1) is 6.78. The molecule has 0 aromatic rings. The highest BCUT2D eigenvalue weighted by atomic mass is 16.3. The van der Waals surface area contributed by atoms with Gasteiger partial charge in [-0.25, -0.2) is 0 Å². The molecule has 14 heavy (non-hydrogen) atoms. The van der Waals surface area contributed by atoms with Crippen LogP contribution in [0.15, 0.2) is 0 Å². The van der Waals surface area contributed by atoms with Crippen molar-refractivity contribution in [1.82, 2.24) is 0 Å². The van der Waals surface area contributed by atoms with Crippen molar-refractivity contribution in [1.29, 1.82) is 0 Å². The van der Waals surface area contributed by atoms with E-state index >= 15 is 0 Å². The second-order valence-corrected chi connectivity index (χ2v) is 4.15. The molecule has 0 fully saturated rings. The Kier molecular flexibility index (Phi) is 9.42. The van der Waals surface area contributed by atoms with Gasteiger partial charge in [0.05, 0.1) is 0 Å². The van der Waals surface area contributed by atoms with Crippen LogP contribution in [0.25, 0.3) is 0 Å². The SMILES string of the molecule is CCC(CCO)CCC(CC)CCO. The molecule has 86 valence electrons. The molecule has 0 aliphatic carbocycles. The normalized spacial score (nSPS) is 15.4. The summed E-state index contributed by atoms with van der Waals surface area (Å²) < 4.78 is 0. The van der Waals surface area contributed by atoms with Crippen LogP contribution >= 0.6 is 0 Å². The lowest BCUT2D eigenvalue weighted by Gasteiger charge is -2.18. The Hall–Kier alpha value is -0.0800. The van der Waals surface area contributed by atoms with Crippen molar-refractivity contribution in [2.24, 2.45) is 11.8 Å². The summed E-state index contributed by atoms with van der Waals surface area (Å²) in [4.78, 5) is 0. The summed E-state index contributed by atoms with van der Waals surface area (Å²) in [5.74, 6) is 1.35. The van der Waals surface area contributed by atoms with Crippen molar-refractivity contribution >= 4 is 0 Å². The molecule has 0 heterocycles. The van der Waals surface area contributed by atoms with E-state index < -0.39 is 0 Å². The Morgan fingerprint density at radius 1 is 0.714 bits per heavy atom. The van der Waals surface area contributed by atoms with E-state index in [9.17, 15) is 0 Å². The van der Waals surface area contributed by atoms with Crippen molar-refractivity contribution in [3.05, 3.63) is 0 Å². The van der Waals surface area contributed by atoms with Crippen molar-refractivity contribution in [2.75, 3.05) is 13.2 Å². The van der Waals surface area contributed by atoms with Gasteiger partial charge in [0.2, 0.25) is 0 Å². The topological polar surface area (TPSA) is 40.5 Å². The van der Waals surface area contributed by atoms with Crippen LogP contribution in [0.5, 0.6) is 0 Å². The van der Waals surface area contributed by atoms with Gasteiger partial charge in [-0.05, 0) is 24.7 Å². The summed E-state index contributed by atoms with van der Waals surface area (Å²) in [5, 5.41) is 17.7. The average molecular weight is 202 g/mol. The smallest absolute Gasteiger partial charge is 0.0433 e. The van der Waals surface area contributed by atoms with Gasteiger partial charge in [-0.15, -0.1) is 0 Å². The minimum atomic E-state index is 0.315.